The van der Waals surface area contributed by atoms with Gasteiger partial charge in [-0.3, -0.25) is 4.79 Å². The Labute approximate surface area is 146 Å². The quantitative estimate of drug-likeness (QED) is 0.822. The number of nitrogens with one attached hydrogen (secondary N) is 1. The van der Waals surface area contributed by atoms with Crippen LogP contribution in [0.4, 0.5) is 0 Å². The Morgan fingerprint density at radius 3 is 2.38 bits per heavy atom. The molecule has 2 rings (SSSR count). The Morgan fingerprint density at radius 2 is 1.83 bits per heavy atom. The van der Waals surface area contributed by atoms with Crippen LogP contribution in [-0.2, 0) is 9.84 Å². The van der Waals surface area contributed by atoms with E-state index in [-0.39, 0.29) is 20.9 Å². The smallest absolute Gasteiger partial charge is 0.261 e. The molecule has 0 fully saturated rings. The zero-order valence-electron chi connectivity index (χ0n) is 13.9. The molecule has 0 bridgehead atoms. The van der Waals surface area contributed by atoms with Crippen LogP contribution in [0.1, 0.15) is 30.4 Å². The second kappa shape index (κ2) is 7.04. The average molecular weight is 367 g/mol. The summed E-state index contributed by atoms with van der Waals surface area (Å²) in [5, 5.41) is 2.92. The highest BCUT2D eigenvalue weighted by Crippen LogP contribution is 2.28. The van der Waals surface area contributed by atoms with E-state index in [4.69, 9.17) is 5.73 Å². The van der Waals surface area contributed by atoms with Gasteiger partial charge in [-0.05, 0) is 37.1 Å². The van der Waals surface area contributed by atoms with Crippen molar-refractivity contribution < 1.29 is 13.2 Å². The third-order valence-electron chi connectivity index (χ3n) is 4.22. The highest BCUT2D eigenvalue weighted by atomic mass is 32.2. The number of sulfone groups is 1. The number of nitrogens with two attached hydrogens (primary N) is 1. The van der Waals surface area contributed by atoms with Crippen LogP contribution in [0.25, 0.3) is 0 Å². The molecule has 0 saturated carbocycles. The number of carbonyl (C=O) groups is 1. The second-order valence-corrected chi connectivity index (χ2v) is 9.43. The van der Waals surface area contributed by atoms with Gasteiger partial charge < -0.3 is 11.1 Å². The van der Waals surface area contributed by atoms with Crippen LogP contribution in [0.2, 0.25) is 0 Å². The largest absolute Gasteiger partial charge is 0.345 e. The number of amides is 1. The molecule has 1 unspecified atom stereocenters. The fourth-order valence-corrected chi connectivity index (χ4v) is 4.68. The van der Waals surface area contributed by atoms with Crippen molar-refractivity contribution in [2.45, 2.75) is 35.4 Å². The Bertz CT molecular complexity index is 813. The van der Waals surface area contributed by atoms with Crippen LogP contribution in [0.15, 0.2) is 51.6 Å². The van der Waals surface area contributed by atoms with Crippen molar-refractivity contribution in [2.24, 2.45) is 11.7 Å². The van der Waals surface area contributed by atoms with Gasteiger partial charge in [-0.15, -0.1) is 11.3 Å². The zero-order valence-corrected chi connectivity index (χ0v) is 15.6. The molecule has 0 spiro atoms. The molecule has 1 heterocycles. The molecule has 0 radical (unpaired) electrons. The first-order chi connectivity index (χ1) is 11.2. The SMILES string of the molecule is CC(C)C(C)(CN)NC(=O)c1ccc(S(=O)(=O)c2ccccc2)s1. The molecule has 0 aliphatic heterocycles. The van der Waals surface area contributed by atoms with Crippen LogP contribution in [-0.4, -0.2) is 26.4 Å². The summed E-state index contributed by atoms with van der Waals surface area (Å²) in [5.41, 5.74) is 5.24. The molecule has 0 saturated heterocycles. The maximum absolute atomic E-state index is 12.6. The lowest BCUT2D eigenvalue weighted by Gasteiger charge is -2.33. The first-order valence-corrected chi connectivity index (χ1v) is 9.93. The number of benzene rings is 1. The van der Waals surface area contributed by atoms with E-state index in [1.54, 1.807) is 30.3 Å². The van der Waals surface area contributed by atoms with Crippen molar-refractivity contribution in [1.82, 2.24) is 5.32 Å². The lowest BCUT2D eigenvalue weighted by molar-refractivity contribution is 0.0887. The molecule has 130 valence electrons. The topological polar surface area (TPSA) is 89.3 Å². The summed E-state index contributed by atoms with van der Waals surface area (Å²) >= 11 is 0.965. The van der Waals surface area contributed by atoms with Gasteiger partial charge in [-0.1, -0.05) is 32.0 Å². The van der Waals surface area contributed by atoms with Crippen molar-refractivity contribution in [1.29, 1.82) is 0 Å². The predicted molar refractivity (Wildman–Crippen MR) is 96.0 cm³/mol. The van der Waals surface area contributed by atoms with Gasteiger partial charge in [0, 0.05) is 6.54 Å². The Morgan fingerprint density at radius 1 is 1.21 bits per heavy atom. The Balaban J connectivity index is 2.27. The van der Waals surface area contributed by atoms with Gasteiger partial charge in [-0.25, -0.2) is 8.42 Å². The molecule has 7 heteroatoms. The molecular weight excluding hydrogens is 344 g/mol. The van der Waals surface area contributed by atoms with Gasteiger partial charge in [0.25, 0.3) is 5.91 Å². The van der Waals surface area contributed by atoms with Gasteiger partial charge >= 0.3 is 0 Å². The molecule has 0 aliphatic rings. The summed E-state index contributed by atoms with van der Waals surface area (Å²) < 4.78 is 25.3. The van der Waals surface area contributed by atoms with E-state index in [2.05, 4.69) is 5.32 Å². The number of carbonyl (C=O) groups excluding carboxylic acids is 1. The minimum Gasteiger partial charge on any atom is -0.345 e. The molecule has 1 aromatic carbocycles. The molecule has 0 aliphatic carbocycles. The van der Waals surface area contributed by atoms with E-state index in [0.717, 1.165) is 11.3 Å². The van der Waals surface area contributed by atoms with Crippen molar-refractivity contribution >= 4 is 27.1 Å². The molecule has 1 aromatic heterocycles. The summed E-state index contributed by atoms with van der Waals surface area (Å²) in [7, 11) is -3.60. The van der Waals surface area contributed by atoms with Crippen molar-refractivity contribution in [3.63, 3.8) is 0 Å². The summed E-state index contributed by atoms with van der Waals surface area (Å²) in [6.45, 7) is 6.14. The molecule has 24 heavy (non-hydrogen) atoms. The van der Waals surface area contributed by atoms with Crippen LogP contribution >= 0.6 is 11.3 Å². The highest BCUT2D eigenvalue weighted by molar-refractivity contribution is 7.93. The Kier molecular flexibility index (Phi) is 5.47. The van der Waals surface area contributed by atoms with Crippen LogP contribution in [0.3, 0.4) is 0 Å². The van der Waals surface area contributed by atoms with E-state index in [0.29, 0.717) is 11.4 Å². The van der Waals surface area contributed by atoms with Gasteiger partial charge in [0.1, 0.15) is 4.21 Å². The first-order valence-electron chi connectivity index (χ1n) is 7.63. The number of rotatable bonds is 6. The van der Waals surface area contributed by atoms with E-state index in [9.17, 15) is 13.2 Å². The minimum atomic E-state index is -3.60. The first kappa shape index (κ1) is 18.6. The Hall–Kier alpha value is -1.70. The van der Waals surface area contributed by atoms with Gasteiger partial charge in [0.05, 0.1) is 15.3 Å². The minimum absolute atomic E-state index is 0.151. The van der Waals surface area contributed by atoms with Crippen molar-refractivity contribution in [3.05, 3.63) is 47.3 Å². The second-order valence-electron chi connectivity index (χ2n) is 6.17. The van der Waals surface area contributed by atoms with Gasteiger partial charge in [0.15, 0.2) is 0 Å². The predicted octanol–water partition coefficient (Wildman–Crippen LogP) is 2.68. The summed E-state index contributed by atoms with van der Waals surface area (Å²) in [5.74, 6) is -0.157. The third kappa shape index (κ3) is 3.68. The molecule has 2 aromatic rings. The van der Waals surface area contributed by atoms with Crippen molar-refractivity contribution in [2.75, 3.05) is 6.54 Å². The number of thiophene rings is 1. The fraction of sp³-hybridized carbons (Fsp3) is 0.353. The number of hydrogen-bond acceptors (Lipinski definition) is 5. The van der Waals surface area contributed by atoms with E-state index < -0.39 is 15.4 Å². The van der Waals surface area contributed by atoms with E-state index >= 15 is 0 Å². The fourth-order valence-electron chi connectivity index (χ4n) is 2.05. The molecule has 1 amide bonds. The average Bonchev–Trinajstić information content (AvgIpc) is 3.06. The lowest BCUT2D eigenvalue weighted by Crippen LogP contribution is -2.54. The van der Waals surface area contributed by atoms with Crippen LogP contribution in [0, 0.1) is 5.92 Å². The summed E-state index contributed by atoms with van der Waals surface area (Å²) in [4.78, 5) is 13.0. The van der Waals surface area contributed by atoms with Gasteiger partial charge in [0.2, 0.25) is 9.84 Å². The standard InChI is InChI=1S/C17H22N2O3S2/c1-12(2)17(3,11-18)19-16(20)14-9-10-15(23-14)24(21,22)13-7-5-4-6-8-13/h4-10,12H,11,18H2,1-3H3,(H,19,20). The van der Waals surface area contributed by atoms with Crippen molar-refractivity contribution in [3.8, 4) is 0 Å². The zero-order chi connectivity index (χ0) is 18.0. The van der Waals surface area contributed by atoms with E-state index in [1.165, 1.54) is 12.1 Å². The van der Waals surface area contributed by atoms with Gasteiger partial charge in [-0.2, -0.15) is 0 Å². The monoisotopic (exact) mass is 366 g/mol. The van der Waals surface area contributed by atoms with E-state index in [1.807, 2.05) is 20.8 Å². The maximum Gasteiger partial charge on any atom is 0.261 e. The maximum atomic E-state index is 12.6. The number of hydrogen-bond donors (Lipinski definition) is 2. The lowest BCUT2D eigenvalue weighted by atomic mass is 9.88. The molecule has 3 N–H and O–H groups in total. The molecule has 5 nitrogen and oxygen atoms in total. The third-order valence-corrected chi connectivity index (χ3v) is 7.57. The highest BCUT2D eigenvalue weighted by Gasteiger charge is 2.30. The van der Waals surface area contributed by atoms with Crippen LogP contribution in [0.5, 0.6) is 0 Å². The normalized spacial score (nSPS) is 14.4. The summed E-state index contributed by atoms with van der Waals surface area (Å²) in [6.07, 6.45) is 0. The molecule has 1 atom stereocenters. The summed E-state index contributed by atoms with van der Waals surface area (Å²) in [6, 6.07) is 11.2. The molecular formula is C17H22N2O3S2. The van der Waals surface area contributed by atoms with Crippen LogP contribution < -0.4 is 11.1 Å².